The van der Waals surface area contributed by atoms with Crippen LogP contribution in [0.3, 0.4) is 0 Å². The van der Waals surface area contributed by atoms with E-state index in [-0.39, 0.29) is 18.1 Å². The van der Waals surface area contributed by atoms with Crippen LogP contribution >= 0.6 is 0 Å². The molecule has 1 N–H and O–H groups in total. The van der Waals surface area contributed by atoms with Crippen molar-refractivity contribution < 1.29 is 14.7 Å². The average Bonchev–Trinajstić information content (AvgIpc) is 3.17. The summed E-state index contributed by atoms with van der Waals surface area (Å²) in [7, 11) is 0. The van der Waals surface area contributed by atoms with Crippen molar-refractivity contribution in [2.45, 2.75) is 19.4 Å². The second kappa shape index (κ2) is 5.92. The minimum atomic E-state index is -1.18. The topological polar surface area (TPSA) is 101 Å². The molecule has 0 bridgehead atoms. The molecule has 1 amide bonds. The summed E-state index contributed by atoms with van der Waals surface area (Å²) in [5.74, 6) is -1.26. The smallest absolute Gasteiger partial charge is 0.358 e. The van der Waals surface area contributed by atoms with Gasteiger partial charge in [-0.15, -0.1) is 5.10 Å². The molecule has 22 heavy (non-hydrogen) atoms. The zero-order valence-electron chi connectivity index (χ0n) is 11.8. The Morgan fingerprint density at radius 1 is 1.27 bits per heavy atom. The summed E-state index contributed by atoms with van der Waals surface area (Å²) in [6.07, 6.45) is 5.12. The van der Waals surface area contributed by atoms with Crippen molar-refractivity contribution >= 4 is 11.9 Å². The molecule has 1 saturated heterocycles. The van der Waals surface area contributed by atoms with E-state index < -0.39 is 5.97 Å². The van der Waals surface area contributed by atoms with Crippen LogP contribution < -0.4 is 0 Å². The van der Waals surface area contributed by atoms with Crippen molar-refractivity contribution in [1.29, 1.82) is 0 Å². The summed E-state index contributed by atoms with van der Waals surface area (Å²) in [6.45, 7) is 1.45. The van der Waals surface area contributed by atoms with E-state index in [1.165, 1.54) is 10.9 Å². The van der Waals surface area contributed by atoms with Crippen molar-refractivity contribution in [3.8, 4) is 11.3 Å². The summed E-state index contributed by atoms with van der Waals surface area (Å²) >= 11 is 0. The fraction of sp³-hybridized carbons (Fsp3) is 0.357. The Labute approximate surface area is 126 Å². The number of nitrogens with zero attached hydrogens (tertiary/aromatic N) is 5. The molecule has 2 aromatic rings. The van der Waals surface area contributed by atoms with E-state index in [9.17, 15) is 14.7 Å². The number of carboxylic acid groups (broad SMARTS) is 1. The number of carbonyl (C=O) groups excluding carboxylic acids is 1. The molecular formula is C14H15N5O3. The Hall–Kier alpha value is -2.77. The summed E-state index contributed by atoms with van der Waals surface area (Å²) in [5, 5.41) is 16.8. The first-order chi connectivity index (χ1) is 10.7. The third-order valence-corrected chi connectivity index (χ3v) is 3.62. The van der Waals surface area contributed by atoms with Crippen LogP contribution in [0, 0.1) is 0 Å². The summed E-state index contributed by atoms with van der Waals surface area (Å²) < 4.78 is 1.33. The number of carboxylic acids is 1. The van der Waals surface area contributed by atoms with Crippen molar-refractivity contribution in [1.82, 2.24) is 24.9 Å². The van der Waals surface area contributed by atoms with Crippen LogP contribution in [0.15, 0.2) is 24.5 Å². The van der Waals surface area contributed by atoms with E-state index in [4.69, 9.17) is 0 Å². The van der Waals surface area contributed by atoms with E-state index in [2.05, 4.69) is 15.3 Å². The van der Waals surface area contributed by atoms with E-state index in [1.54, 1.807) is 23.2 Å². The van der Waals surface area contributed by atoms with Crippen LogP contribution in [-0.2, 0) is 11.3 Å². The summed E-state index contributed by atoms with van der Waals surface area (Å²) in [4.78, 5) is 29.3. The lowest BCUT2D eigenvalue weighted by molar-refractivity contribution is -0.130. The second-order valence-corrected chi connectivity index (χ2v) is 5.08. The molecule has 2 aromatic heterocycles. The fourth-order valence-electron chi connectivity index (χ4n) is 2.55. The molecule has 8 nitrogen and oxygen atoms in total. The molecule has 0 unspecified atom stereocenters. The van der Waals surface area contributed by atoms with E-state index in [1.807, 2.05) is 0 Å². The molecule has 0 saturated carbocycles. The molecule has 0 aliphatic carbocycles. The van der Waals surface area contributed by atoms with Gasteiger partial charge in [-0.1, -0.05) is 5.21 Å². The largest absolute Gasteiger partial charge is 0.476 e. The summed E-state index contributed by atoms with van der Waals surface area (Å²) in [5.41, 5.74) is 0.689. The quantitative estimate of drug-likeness (QED) is 0.890. The summed E-state index contributed by atoms with van der Waals surface area (Å²) in [6, 6.07) is 3.41. The Balaban J connectivity index is 1.94. The van der Waals surface area contributed by atoms with Crippen LogP contribution in [0.2, 0.25) is 0 Å². The molecule has 8 heteroatoms. The minimum Gasteiger partial charge on any atom is -0.476 e. The van der Waals surface area contributed by atoms with Crippen molar-refractivity contribution in [2.75, 3.05) is 13.1 Å². The van der Waals surface area contributed by atoms with Crippen molar-refractivity contribution in [2.24, 2.45) is 0 Å². The maximum absolute atomic E-state index is 12.3. The zero-order valence-corrected chi connectivity index (χ0v) is 11.8. The molecule has 0 radical (unpaired) electrons. The van der Waals surface area contributed by atoms with Crippen molar-refractivity contribution in [3.05, 3.63) is 30.2 Å². The van der Waals surface area contributed by atoms with Crippen LogP contribution in [0.1, 0.15) is 23.3 Å². The van der Waals surface area contributed by atoms with Crippen LogP contribution in [0.4, 0.5) is 0 Å². The molecule has 0 spiro atoms. The first-order valence-corrected chi connectivity index (χ1v) is 7.02. The molecule has 0 atom stereocenters. The van der Waals surface area contributed by atoms with Gasteiger partial charge in [-0.25, -0.2) is 9.48 Å². The predicted octanol–water partition coefficient (Wildman–Crippen LogP) is 0.661. The van der Waals surface area contributed by atoms with Gasteiger partial charge in [-0.2, -0.15) is 0 Å². The monoisotopic (exact) mass is 301 g/mol. The number of aromatic nitrogens is 4. The predicted molar refractivity (Wildman–Crippen MR) is 76.0 cm³/mol. The second-order valence-electron chi connectivity index (χ2n) is 5.08. The fourth-order valence-corrected chi connectivity index (χ4v) is 2.55. The molecular weight excluding hydrogens is 286 g/mol. The number of likely N-dealkylation sites (tertiary alicyclic amines) is 1. The van der Waals surface area contributed by atoms with Gasteiger partial charge in [0.25, 0.3) is 0 Å². The first-order valence-electron chi connectivity index (χ1n) is 7.02. The maximum Gasteiger partial charge on any atom is 0.358 e. The average molecular weight is 301 g/mol. The SMILES string of the molecule is O=C(O)c1nnn(CC(=O)N2CCCC2)c1-c1cccnc1. The van der Waals surface area contributed by atoms with E-state index in [0.717, 1.165) is 25.9 Å². The van der Waals surface area contributed by atoms with Gasteiger partial charge in [-0.3, -0.25) is 9.78 Å². The number of amides is 1. The molecule has 0 aromatic carbocycles. The van der Waals surface area contributed by atoms with E-state index >= 15 is 0 Å². The Kier molecular flexibility index (Phi) is 3.82. The number of pyridine rings is 1. The normalized spacial score (nSPS) is 14.3. The number of aromatic carboxylic acids is 1. The Morgan fingerprint density at radius 2 is 2.05 bits per heavy atom. The number of hydrogen-bond acceptors (Lipinski definition) is 5. The highest BCUT2D eigenvalue weighted by atomic mass is 16.4. The van der Waals surface area contributed by atoms with E-state index in [0.29, 0.717) is 11.3 Å². The molecule has 1 aliphatic heterocycles. The van der Waals surface area contributed by atoms with Gasteiger partial charge < -0.3 is 10.0 Å². The number of carbonyl (C=O) groups is 2. The highest BCUT2D eigenvalue weighted by Gasteiger charge is 2.24. The molecule has 3 heterocycles. The van der Waals surface area contributed by atoms with Crippen LogP contribution in [-0.4, -0.2) is 55.0 Å². The minimum absolute atomic E-state index is 0.0233. The zero-order chi connectivity index (χ0) is 15.5. The lowest BCUT2D eigenvalue weighted by Gasteiger charge is -2.15. The number of rotatable bonds is 4. The van der Waals surface area contributed by atoms with Crippen molar-refractivity contribution in [3.63, 3.8) is 0 Å². The third-order valence-electron chi connectivity index (χ3n) is 3.62. The number of hydrogen-bond donors (Lipinski definition) is 1. The Bertz CT molecular complexity index is 692. The lowest BCUT2D eigenvalue weighted by Crippen LogP contribution is -2.31. The van der Waals surface area contributed by atoms with Crippen LogP contribution in [0.5, 0.6) is 0 Å². The Morgan fingerprint density at radius 3 is 2.68 bits per heavy atom. The molecule has 114 valence electrons. The molecule has 1 aliphatic rings. The highest BCUT2D eigenvalue weighted by Crippen LogP contribution is 2.21. The first kappa shape index (κ1) is 14.2. The van der Waals surface area contributed by atoms with Gasteiger partial charge in [0, 0.05) is 31.0 Å². The van der Waals surface area contributed by atoms with Gasteiger partial charge in [0.2, 0.25) is 5.91 Å². The van der Waals surface area contributed by atoms with Gasteiger partial charge in [0.15, 0.2) is 5.69 Å². The van der Waals surface area contributed by atoms with Gasteiger partial charge in [0.05, 0.1) is 0 Å². The standard InChI is InChI=1S/C14H15N5O3/c20-11(18-6-1-2-7-18)9-19-13(10-4-3-5-15-8-10)12(14(21)22)16-17-19/h3-5,8H,1-2,6-7,9H2,(H,21,22). The van der Waals surface area contributed by atoms with Gasteiger partial charge in [0.1, 0.15) is 12.2 Å². The third kappa shape index (κ3) is 2.67. The maximum atomic E-state index is 12.3. The molecule has 3 rings (SSSR count). The highest BCUT2D eigenvalue weighted by molar-refractivity contribution is 5.92. The lowest BCUT2D eigenvalue weighted by atomic mass is 10.1. The van der Waals surface area contributed by atoms with Gasteiger partial charge in [-0.05, 0) is 25.0 Å². The van der Waals surface area contributed by atoms with Gasteiger partial charge >= 0.3 is 5.97 Å². The van der Waals surface area contributed by atoms with Crippen LogP contribution in [0.25, 0.3) is 11.3 Å². The molecule has 1 fully saturated rings.